The lowest BCUT2D eigenvalue weighted by Gasteiger charge is -2.31. The number of esters is 1. The fourth-order valence-electron chi connectivity index (χ4n) is 3.35. The number of likely N-dealkylation sites (tertiary alicyclic amines) is 1. The van der Waals surface area contributed by atoms with Gasteiger partial charge in [-0.25, -0.2) is 9.18 Å². The van der Waals surface area contributed by atoms with Gasteiger partial charge in [0.1, 0.15) is 5.82 Å². The summed E-state index contributed by atoms with van der Waals surface area (Å²) in [5.74, 6) is -0.622. The van der Waals surface area contributed by atoms with Gasteiger partial charge in [-0.05, 0) is 74.8 Å². The van der Waals surface area contributed by atoms with Gasteiger partial charge in [0.05, 0.1) is 12.2 Å². The second-order valence-corrected chi connectivity index (χ2v) is 6.96. The van der Waals surface area contributed by atoms with Crippen molar-refractivity contribution in [3.8, 4) is 0 Å². The average molecular weight is 384 g/mol. The van der Waals surface area contributed by atoms with Crippen LogP contribution in [0.3, 0.4) is 0 Å². The van der Waals surface area contributed by atoms with Gasteiger partial charge in [-0.1, -0.05) is 12.1 Å². The standard InChI is InChI=1S/C22H25FN2O3/c1-2-28-22(27)18-5-9-20(10-6-18)24-21(26)17-11-13-25(14-12-17)15-16-3-7-19(23)8-4-16/h3-10,17H,2,11-15H2,1H3,(H,24,26). The van der Waals surface area contributed by atoms with Crippen LogP contribution in [0.25, 0.3) is 0 Å². The van der Waals surface area contributed by atoms with Crippen LogP contribution in [0.2, 0.25) is 0 Å². The molecule has 0 bridgehead atoms. The smallest absolute Gasteiger partial charge is 0.338 e. The van der Waals surface area contributed by atoms with Gasteiger partial charge in [-0.3, -0.25) is 9.69 Å². The number of carbonyl (C=O) groups excluding carboxylic acids is 2. The van der Waals surface area contributed by atoms with E-state index in [4.69, 9.17) is 4.74 Å². The summed E-state index contributed by atoms with van der Waals surface area (Å²) in [4.78, 5) is 26.5. The molecule has 5 nitrogen and oxygen atoms in total. The molecule has 1 aliphatic rings. The third-order valence-electron chi connectivity index (χ3n) is 4.94. The van der Waals surface area contributed by atoms with Crippen LogP contribution in [0.4, 0.5) is 10.1 Å². The zero-order valence-electron chi connectivity index (χ0n) is 16.0. The number of carbonyl (C=O) groups is 2. The summed E-state index contributed by atoms with van der Waals surface area (Å²) in [6.07, 6.45) is 1.57. The van der Waals surface area contributed by atoms with Gasteiger partial charge >= 0.3 is 5.97 Å². The number of rotatable bonds is 6. The number of piperidine rings is 1. The Morgan fingerprint density at radius 2 is 1.71 bits per heavy atom. The fraction of sp³-hybridized carbons (Fsp3) is 0.364. The van der Waals surface area contributed by atoms with Crippen LogP contribution < -0.4 is 5.32 Å². The molecule has 6 heteroatoms. The van der Waals surface area contributed by atoms with E-state index in [2.05, 4.69) is 10.2 Å². The monoisotopic (exact) mass is 384 g/mol. The van der Waals surface area contributed by atoms with Crippen molar-refractivity contribution in [2.75, 3.05) is 25.0 Å². The Morgan fingerprint density at radius 3 is 2.32 bits per heavy atom. The maximum absolute atomic E-state index is 13.0. The van der Waals surface area contributed by atoms with E-state index in [9.17, 15) is 14.0 Å². The van der Waals surface area contributed by atoms with Crippen LogP contribution in [0, 0.1) is 11.7 Å². The van der Waals surface area contributed by atoms with Crippen LogP contribution >= 0.6 is 0 Å². The maximum atomic E-state index is 13.0. The predicted molar refractivity (Wildman–Crippen MR) is 105 cm³/mol. The minimum Gasteiger partial charge on any atom is -0.462 e. The van der Waals surface area contributed by atoms with Crippen LogP contribution in [-0.4, -0.2) is 36.5 Å². The number of halogens is 1. The van der Waals surface area contributed by atoms with Gasteiger partial charge in [-0.15, -0.1) is 0 Å². The molecule has 1 N–H and O–H groups in total. The van der Waals surface area contributed by atoms with E-state index in [0.717, 1.165) is 38.0 Å². The van der Waals surface area contributed by atoms with E-state index in [1.807, 2.05) is 0 Å². The van der Waals surface area contributed by atoms with Crippen molar-refractivity contribution < 1.29 is 18.7 Å². The zero-order valence-corrected chi connectivity index (χ0v) is 16.0. The second-order valence-electron chi connectivity index (χ2n) is 6.96. The number of anilines is 1. The molecule has 2 aromatic rings. The van der Waals surface area contributed by atoms with Gasteiger partial charge in [-0.2, -0.15) is 0 Å². The first kappa shape index (κ1) is 20.0. The van der Waals surface area contributed by atoms with E-state index in [1.54, 1.807) is 43.3 Å². The van der Waals surface area contributed by atoms with Gasteiger partial charge in [0.25, 0.3) is 0 Å². The molecule has 0 aromatic heterocycles. The van der Waals surface area contributed by atoms with Crippen molar-refractivity contribution in [1.82, 2.24) is 4.90 Å². The minimum atomic E-state index is -0.367. The summed E-state index contributed by atoms with van der Waals surface area (Å²) in [6.45, 7) is 4.52. The van der Waals surface area contributed by atoms with Gasteiger partial charge < -0.3 is 10.1 Å². The SMILES string of the molecule is CCOC(=O)c1ccc(NC(=O)C2CCN(Cc3ccc(F)cc3)CC2)cc1. The fourth-order valence-corrected chi connectivity index (χ4v) is 3.35. The van der Waals surface area contributed by atoms with Crippen LogP contribution in [-0.2, 0) is 16.1 Å². The Labute approximate surface area is 164 Å². The highest BCUT2D eigenvalue weighted by molar-refractivity contribution is 5.94. The van der Waals surface area contributed by atoms with Crippen molar-refractivity contribution >= 4 is 17.6 Å². The van der Waals surface area contributed by atoms with Crippen LogP contribution in [0.1, 0.15) is 35.7 Å². The normalized spacial score (nSPS) is 15.2. The van der Waals surface area contributed by atoms with Gasteiger partial charge in [0.2, 0.25) is 5.91 Å². The topological polar surface area (TPSA) is 58.6 Å². The highest BCUT2D eigenvalue weighted by atomic mass is 19.1. The molecule has 1 aliphatic heterocycles. The van der Waals surface area contributed by atoms with Crippen LogP contribution in [0.5, 0.6) is 0 Å². The van der Waals surface area contributed by atoms with Gasteiger partial charge in [0, 0.05) is 18.2 Å². The molecule has 0 aliphatic carbocycles. The lowest BCUT2D eigenvalue weighted by Crippen LogP contribution is -2.37. The summed E-state index contributed by atoms with van der Waals surface area (Å²) >= 11 is 0. The molecule has 148 valence electrons. The number of ether oxygens (including phenoxy) is 1. The number of hydrogen-bond donors (Lipinski definition) is 1. The molecular formula is C22H25FN2O3. The summed E-state index contributed by atoms with van der Waals surface area (Å²) < 4.78 is 18.0. The highest BCUT2D eigenvalue weighted by Gasteiger charge is 2.25. The molecule has 1 fully saturated rings. The first-order valence-electron chi connectivity index (χ1n) is 9.60. The Bertz CT molecular complexity index is 798. The first-order valence-corrected chi connectivity index (χ1v) is 9.60. The van der Waals surface area contributed by atoms with Crippen molar-refractivity contribution in [3.05, 3.63) is 65.5 Å². The van der Waals surface area contributed by atoms with E-state index < -0.39 is 0 Å². The summed E-state index contributed by atoms with van der Waals surface area (Å²) in [5.41, 5.74) is 2.21. The lowest BCUT2D eigenvalue weighted by molar-refractivity contribution is -0.121. The molecular weight excluding hydrogens is 359 g/mol. The Morgan fingerprint density at radius 1 is 1.07 bits per heavy atom. The summed E-state index contributed by atoms with van der Waals surface area (Å²) in [6, 6.07) is 13.3. The minimum absolute atomic E-state index is 0.00492. The Hall–Kier alpha value is -2.73. The summed E-state index contributed by atoms with van der Waals surface area (Å²) in [7, 11) is 0. The Balaban J connectivity index is 1.47. The molecule has 0 radical (unpaired) electrons. The van der Waals surface area contributed by atoms with E-state index in [-0.39, 0.29) is 23.6 Å². The third kappa shape index (κ3) is 5.39. The number of benzene rings is 2. The number of nitrogens with one attached hydrogen (secondary N) is 1. The van der Waals surface area contributed by atoms with Crippen molar-refractivity contribution in [1.29, 1.82) is 0 Å². The van der Waals surface area contributed by atoms with E-state index >= 15 is 0 Å². The molecule has 0 unspecified atom stereocenters. The molecule has 0 spiro atoms. The molecule has 1 amide bonds. The third-order valence-corrected chi connectivity index (χ3v) is 4.94. The molecule has 0 atom stereocenters. The van der Waals surface area contributed by atoms with Crippen LogP contribution in [0.15, 0.2) is 48.5 Å². The number of hydrogen-bond acceptors (Lipinski definition) is 4. The summed E-state index contributed by atoms with van der Waals surface area (Å²) in [5, 5.41) is 2.93. The van der Waals surface area contributed by atoms with Crippen molar-refractivity contribution in [2.24, 2.45) is 5.92 Å². The Kier molecular flexibility index (Phi) is 6.76. The largest absolute Gasteiger partial charge is 0.462 e. The van der Waals surface area contributed by atoms with E-state index in [1.165, 1.54) is 12.1 Å². The average Bonchev–Trinajstić information content (AvgIpc) is 2.71. The molecule has 1 heterocycles. The van der Waals surface area contributed by atoms with E-state index in [0.29, 0.717) is 17.9 Å². The van der Waals surface area contributed by atoms with Gasteiger partial charge in [0.15, 0.2) is 0 Å². The lowest BCUT2D eigenvalue weighted by atomic mass is 9.95. The molecule has 28 heavy (non-hydrogen) atoms. The molecule has 1 saturated heterocycles. The number of nitrogens with zero attached hydrogens (tertiary/aromatic N) is 1. The molecule has 3 rings (SSSR count). The first-order chi connectivity index (χ1) is 13.5. The molecule has 2 aromatic carbocycles. The van der Waals surface area contributed by atoms with Crippen molar-refractivity contribution in [3.63, 3.8) is 0 Å². The zero-order chi connectivity index (χ0) is 19.9. The second kappa shape index (κ2) is 9.46. The molecule has 0 saturated carbocycles. The highest BCUT2D eigenvalue weighted by Crippen LogP contribution is 2.21. The number of amides is 1. The van der Waals surface area contributed by atoms with Crippen molar-refractivity contribution in [2.45, 2.75) is 26.3 Å². The predicted octanol–water partition coefficient (Wildman–Crippen LogP) is 3.85. The maximum Gasteiger partial charge on any atom is 0.338 e. The quantitative estimate of drug-likeness (QED) is 0.769.